The second-order valence-corrected chi connectivity index (χ2v) is 7.61. The van der Waals surface area contributed by atoms with E-state index in [0.29, 0.717) is 22.3 Å². The van der Waals surface area contributed by atoms with Gasteiger partial charge in [0.05, 0.1) is 6.61 Å². The van der Waals surface area contributed by atoms with Crippen molar-refractivity contribution in [2.24, 2.45) is 7.05 Å². The number of H-pyrrole nitrogens is 1. The van der Waals surface area contributed by atoms with Gasteiger partial charge in [0.15, 0.2) is 0 Å². The van der Waals surface area contributed by atoms with Crippen LogP contribution in [-0.2, 0) is 13.7 Å². The van der Waals surface area contributed by atoms with Crippen molar-refractivity contribution in [1.29, 1.82) is 0 Å². The number of fused-ring (bicyclic) bond motifs is 1. The summed E-state index contributed by atoms with van der Waals surface area (Å²) in [5.74, 6) is -0.260. The van der Waals surface area contributed by atoms with Gasteiger partial charge in [-0.1, -0.05) is 12.1 Å². The van der Waals surface area contributed by atoms with E-state index in [9.17, 15) is 14.7 Å². The zero-order chi connectivity index (χ0) is 22.1. The number of carbonyl (C=O) groups excluding carboxylic acids is 1. The fourth-order valence-corrected chi connectivity index (χ4v) is 3.72. The van der Waals surface area contributed by atoms with Crippen molar-refractivity contribution < 1.29 is 9.90 Å². The summed E-state index contributed by atoms with van der Waals surface area (Å²) < 4.78 is 1.51. The van der Waals surface area contributed by atoms with Gasteiger partial charge >= 0.3 is 0 Å². The van der Waals surface area contributed by atoms with E-state index in [4.69, 9.17) is 0 Å². The molecule has 0 saturated heterocycles. The zero-order valence-corrected chi connectivity index (χ0v) is 17.6. The molecule has 2 aromatic heterocycles. The van der Waals surface area contributed by atoms with Gasteiger partial charge in [0.1, 0.15) is 5.52 Å². The van der Waals surface area contributed by atoms with Crippen LogP contribution in [0, 0.1) is 0 Å². The number of rotatable bonds is 5. The maximum absolute atomic E-state index is 12.8. The Morgan fingerprint density at radius 3 is 2.52 bits per heavy atom. The minimum atomic E-state index is -0.264. The van der Waals surface area contributed by atoms with Crippen LogP contribution in [0.25, 0.3) is 22.0 Å². The third-order valence-electron chi connectivity index (χ3n) is 5.41. The second kappa shape index (κ2) is 8.12. The third kappa shape index (κ3) is 3.71. The highest BCUT2D eigenvalue weighted by molar-refractivity contribution is 6.06. The number of aromatic nitrogens is 2. The summed E-state index contributed by atoms with van der Waals surface area (Å²) >= 11 is 0. The number of amides is 1. The number of nitrogens with one attached hydrogen (secondary N) is 2. The Bertz CT molecular complexity index is 1320. The number of pyridine rings is 1. The van der Waals surface area contributed by atoms with Gasteiger partial charge in [0.25, 0.3) is 11.5 Å². The number of benzene rings is 2. The van der Waals surface area contributed by atoms with Crippen molar-refractivity contribution >= 4 is 28.2 Å². The van der Waals surface area contributed by atoms with E-state index < -0.39 is 0 Å². The molecule has 31 heavy (non-hydrogen) atoms. The number of hydrogen-bond donors (Lipinski definition) is 3. The van der Waals surface area contributed by atoms with Crippen LogP contribution in [0.1, 0.15) is 15.9 Å². The van der Waals surface area contributed by atoms with Gasteiger partial charge in [-0.15, -0.1) is 0 Å². The number of aryl methyl sites for hydroxylation is 1. The maximum Gasteiger partial charge on any atom is 0.274 e. The maximum atomic E-state index is 12.8. The highest BCUT2D eigenvalue weighted by Gasteiger charge is 2.17. The molecule has 0 aliphatic rings. The molecule has 0 atom stereocenters. The molecule has 4 rings (SSSR count). The number of aliphatic hydroxyl groups is 1. The predicted molar refractivity (Wildman–Crippen MR) is 124 cm³/mol. The summed E-state index contributed by atoms with van der Waals surface area (Å²) in [6.07, 6.45) is 3.47. The standard InChI is InChI=1S/C24H24N4O3/c1-27(2)16-9-7-15(8-10-16)23(30)26-21-6-4-5-17(20(21)14-29)19-13-28(3)24(31)22-18(19)11-12-25-22/h4-13,25,29H,14H2,1-3H3,(H,26,30). The van der Waals surface area contributed by atoms with Crippen molar-refractivity contribution in [2.75, 3.05) is 24.3 Å². The van der Waals surface area contributed by atoms with Gasteiger partial charge in [-0.25, -0.2) is 0 Å². The average molecular weight is 416 g/mol. The van der Waals surface area contributed by atoms with E-state index in [1.807, 2.05) is 49.3 Å². The zero-order valence-electron chi connectivity index (χ0n) is 17.6. The molecule has 0 spiro atoms. The molecule has 0 bridgehead atoms. The van der Waals surface area contributed by atoms with Crippen LogP contribution in [0.2, 0.25) is 0 Å². The summed E-state index contributed by atoms with van der Waals surface area (Å²) in [6, 6.07) is 14.6. The van der Waals surface area contributed by atoms with E-state index in [1.54, 1.807) is 37.6 Å². The molecule has 158 valence electrons. The number of nitrogens with zero attached hydrogens (tertiary/aromatic N) is 2. The number of carbonyl (C=O) groups is 1. The van der Waals surface area contributed by atoms with Crippen LogP contribution in [0.3, 0.4) is 0 Å². The molecule has 0 unspecified atom stereocenters. The monoisotopic (exact) mass is 416 g/mol. The lowest BCUT2D eigenvalue weighted by atomic mass is 9.97. The van der Waals surface area contributed by atoms with Crippen molar-refractivity contribution in [1.82, 2.24) is 9.55 Å². The van der Waals surface area contributed by atoms with Crippen LogP contribution in [-0.4, -0.2) is 34.7 Å². The summed E-state index contributed by atoms with van der Waals surface area (Å²) in [6.45, 7) is -0.264. The average Bonchev–Trinajstić information content (AvgIpc) is 3.26. The van der Waals surface area contributed by atoms with Crippen LogP contribution in [0.15, 0.2) is 65.7 Å². The van der Waals surface area contributed by atoms with Crippen LogP contribution in [0.4, 0.5) is 11.4 Å². The quantitative estimate of drug-likeness (QED) is 0.465. The summed E-state index contributed by atoms with van der Waals surface area (Å²) in [5, 5.41) is 13.8. The lowest BCUT2D eigenvalue weighted by Gasteiger charge is -2.16. The van der Waals surface area contributed by atoms with Crippen LogP contribution >= 0.6 is 0 Å². The lowest BCUT2D eigenvalue weighted by molar-refractivity contribution is 0.102. The molecule has 3 N–H and O–H groups in total. The number of hydrogen-bond acceptors (Lipinski definition) is 4. The molecule has 2 aromatic carbocycles. The number of aromatic amines is 1. The Labute approximate surface area is 179 Å². The van der Waals surface area contributed by atoms with E-state index in [0.717, 1.165) is 22.2 Å². The first-order valence-electron chi connectivity index (χ1n) is 9.89. The van der Waals surface area contributed by atoms with Crippen LogP contribution < -0.4 is 15.8 Å². The highest BCUT2D eigenvalue weighted by atomic mass is 16.3. The van der Waals surface area contributed by atoms with Gasteiger partial charge < -0.3 is 24.9 Å². The molecular formula is C24H24N4O3. The van der Waals surface area contributed by atoms with Gasteiger partial charge in [0.2, 0.25) is 0 Å². The fraction of sp³-hybridized carbons (Fsp3) is 0.167. The Morgan fingerprint density at radius 2 is 1.84 bits per heavy atom. The molecule has 2 heterocycles. The molecule has 0 saturated carbocycles. The summed E-state index contributed by atoms with van der Waals surface area (Å²) in [4.78, 5) is 30.2. The minimum absolute atomic E-state index is 0.125. The topological polar surface area (TPSA) is 90.4 Å². The first-order chi connectivity index (χ1) is 14.9. The van der Waals surface area contributed by atoms with Gasteiger partial charge in [-0.2, -0.15) is 0 Å². The SMILES string of the molecule is CN(C)c1ccc(C(=O)Nc2cccc(-c3cn(C)c(=O)c4[nH]ccc34)c2CO)cc1. The van der Waals surface area contributed by atoms with Gasteiger partial charge in [-0.05, 0) is 42.0 Å². The highest BCUT2D eigenvalue weighted by Crippen LogP contribution is 2.33. The van der Waals surface area contributed by atoms with Crippen molar-refractivity contribution in [3.63, 3.8) is 0 Å². The largest absolute Gasteiger partial charge is 0.392 e. The summed E-state index contributed by atoms with van der Waals surface area (Å²) in [7, 11) is 5.57. The molecule has 7 nitrogen and oxygen atoms in total. The molecule has 0 radical (unpaired) electrons. The van der Waals surface area contributed by atoms with Crippen molar-refractivity contribution in [3.05, 3.63) is 82.4 Å². The first-order valence-corrected chi connectivity index (χ1v) is 9.89. The van der Waals surface area contributed by atoms with Gasteiger partial charge in [-0.3, -0.25) is 9.59 Å². The van der Waals surface area contributed by atoms with Gasteiger partial charge in [0, 0.05) is 67.0 Å². The number of aliphatic hydroxyl groups excluding tert-OH is 1. The fourth-order valence-electron chi connectivity index (χ4n) is 3.72. The Balaban J connectivity index is 1.75. The molecule has 4 aromatic rings. The second-order valence-electron chi connectivity index (χ2n) is 7.61. The Morgan fingerprint density at radius 1 is 1.10 bits per heavy atom. The molecular weight excluding hydrogens is 392 g/mol. The minimum Gasteiger partial charge on any atom is -0.392 e. The molecule has 0 fully saturated rings. The van der Waals surface area contributed by atoms with E-state index in [2.05, 4.69) is 10.3 Å². The number of anilines is 2. The van der Waals surface area contributed by atoms with E-state index in [1.165, 1.54) is 4.57 Å². The molecule has 0 aliphatic heterocycles. The molecule has 7 heteroatoms. The molecule has 1 amide bonds. The molecule has 0 aliphatic carbocycles. The van der Waals surface area contributed by atoms with Crippen LogP contribution in [0.5, 0.6) is 0 Å². The van der Waals surface area contributed by atoms with Crippen molar-refractivity contribution in [3.8, 4) is 11.1 Å². The smallest absolute Gasteiger partial charge is 0.274 e. The van der Waals surface area contributed by atoms with Crippen molar-refractivity contribution in [2.45, 2.75) is 6.61 Å². The predicted octanol–water partition coefficient (Wildman–Crippen LogP) is 3.34. The lowest BCUT2D eigenvalue weighted by Crippen LogP contribution is -2.17. The Hall–Kier alpha value is -3.84. The van der Waals surface area contributed by atoms with E-state index in [-0.39, 0.29) is 18.1 Å². The first kappa shape index (κ1) is 20.4. The Kier molecular flexibility index (Phi) is 5.35. The summed E-state index contributed by atoms with van der Waals surface area (Å²) in [5.41, 5.74) is 4.56. The third-order valence-corrected chi connectivity index (χ3v) is 5.41. The normalized spacial score (nSPS) is 11.0. The van der Waals surface area contributed by atoms with E-state index >= 15 is 0 Å².